The molecule has 5 nitrogen and oxygen atoms in total. The summed E-state index contributed by atoms with van der Waals surface area (Å²) in [5.41, 5.74) is 8.15. The minimum absolute atomic E-state index is 0.233. The van der Waals surface area contributed by atoms with Gasteiger partial charge in [-0.25, -0.2) is 0 Å². The molecule has 1 aromatic heterocycles. The SMILES string of the molecule is Cc1cc(Br)ccc1-c1nc(N2CCC(N)C2)n[nH]1. The number of nitrogens with zero attached hydrogens (tertiary/aromatic N) is 3. The monoisotopic (exact) mass is 321 g/mol. The van der Waals surface area contributed by atoms with E-state index in [1.165, 1.54) is 0 Å². The predicted molar refractivity (Wildman–Crippen MR) is 79.1 cm³/mol. The molecule has 0 spiro atoms. The van der Waals surface area contributed by atoms with Crippen LogP contribution in [0.5, 0.6) is 0 Å². The van der Waals surface area contributed by atoms with Crippen molar-refractivity contribution in [1.82, 2.24) is 15.2 Å². The summed E-state index contributed by atoms with van der Waals surface area (Å²) < 4.78 is 1.07. The molecule has 2 heterocycles. The van der Waals surface area contributed by atoms with Crippen molar-refractivity contribution < 1.29 is 0 Å². The second-order valence-electron chi connectivity index (χ2n) is 4.94. The standard InChI is InChI=1S/C13H16BrN5/c1-8-6-9(14)2-3-11(8)12-16-13(18-17-12)19-5-4-10(15)7-19/h2-3,6,10H,4-5,7,15H2,1H3,(H,16,17,18). The molecule has 100 valence electrons. The van der Waals surface area contributed by atoms with E-state index in [1.807, 2.05) is 12.1 Å². The zero-order chi connectivity index (χ0) is 13.4. The molecule has 0 bridgehead atoms. The molecular formula is C13H16BrN5. The van der Waals surface area contributed by atoms with Crippen molar-refractivity contribution in [1.29, 1.82) is 0 Å². The molecule has 1 aromatic carbocycles. The van der Waals surface area contributed by atoms with Gasteiger partial charge in [0.1, 0.15) is 0 Å². The van der Waals surface area contributed by atoms with Gasteiger partial charge in [0.15, 0.2) is 5.82 Å². The molecule has 1 aliphatic heterocycles. The summed E-state index contributed by atoms with van der Waals surface area (Å²) in [4.78, 5) is 6.70. The first kappa shape index (κ1) is 12.6. The molecule has 1 fully saturated rings. The van der Waals surface area contributed by atoms with Gasteiger partial charge in [0.2, 0.25) is 5.95 Å². The number of aryl methyl sites for hydroxylation is 1. The van der Waals surface area contributed by atoms with Crippen LogP contribution in [0.15, 0.2) is 22.7 Å². The fourth-order valence-electron chi connectivity index (χ4n) is 2.38. The molecule has 0 radical (unpaired) electrons. The van der Waals surface area contributed by atoms with Crippen LogP contribution in [-0.4, -0.2) is 34.3 Å². The first-order valence-corrected chi connectivity index (χ1v) is 7.12. The van der Waals surface area contributed by atoms with Crippen LogP contribution in [0.1, 0.15) is 12.0 Å². The van der Waals surface area contributed by atoms with Crippen molar-refractivity contribution in [2.45, 2.75) is 19.4 Å². The number of hydrogen-bond donors (Lipinski definition) is 2. The number of halogens is 1. The third-order valence-electron chi connectivity index (χ3n) is 3.42. The van der Waals surface area contributed by atoms with Gasteiger partial charge in [-0.15, -0.1) is 5.10 Å². The van der Waals surface area contributed by atoms with Gasteiger partial charge < -0.3 is 10.6 Å². The second kappa shape index (κ2) is 4.94. The van der Waals surface area contributed by atoms with E-state index in [4.69, 9.17) is 5.73 Å². The normalized spacial score (nSPS) is 19.1. The van der Waals surface area contributed by atoms with E-state index < -0.39 is 0 Å². The van der Waals surface area contributed by atoms with Crippen LogP contribution in [0.25, 0.3) is 11.4 Å². The fourth-order valence-corrected chi connectivity index (χ4v) is 2.85. The van der Waals surface area contributed by atoms with E-state index in [9.17, 15) is 0 Å². The van der Waals surface area contributed by atoms with Gasteiger partial charge in [0.25, 0.3) is 0 Å². The third-order valence-corrected chi connectivity index (χ3v) is 3.92. The maximum absolute atomic E-state index is 5.91. The van der Waals surface area contributed by atoms with Gasteiger partial charge in [0.05, 0.1) is 0 Å². The quantitative estimate of drug-likeness (QED) is 0.888. The van der Waals surface area contributed by atoms with Gasteiger partial charge >= 0.3 is 0 Å². The van der Waals surface area contributed by atoms with Crippen LogP contribution in [0.4, 0.5) is 5.95 Å². The van der Waals surface area contributed by atoms with Gasteiger partial charge in [-0.3, -0.25) is 5.10 Å². The molecule has 3 N–H and O–H groups in total. The Morgan fingerprint density at radius 1 is 1.47 bits per heavy atom. The zero-order valence-corrected chi connectivity index (χ0v) is 12.3. The number of nitrogens with two attached hydrogens (primary N) is 1. The van der Waals surface area contributed by atoms with Gasteiger partial charge in [0, 0.05) is 29.2 Å². The highest BCUT2D eigenvalue weighted by atomic mass is 79.9. The third kappa shape index (κ3) is 2.50. The molecule has 1 atom stereocenters. The summed E-state index contributed by atoms with van der Waals surface area (Å²) in [5, 5.41) is 7.31. The smallest absolute Gasteiger partial charge is 0.245 e. The molecule has 1 unspecified atom stereocenters. The summed E-state index contributed by atoms with van der Waals surface area (Å²) in [6.07, 6.45) is 1.00. The number of hydrogen-bond acceptors (Lipinski definition) is 4. The number of benzene rings is 1. The molecule has 3 rings (SSSR count). The van der Waals surface area contributed by atoms with Gasteiger partial charge in [-0.1, -0.05) is 15.9 Å². The molecule has 19 heavy (non-hydrogen) atoms. The maximum Gasteiger partial charge on any atom is 0.245 e. The number of H-pyrrole nitrogens is 1. The Hall–Kier alpha value is -1.40. The maximum atomic E-state index is 5.91. The number of rotatable bonds is 2. The van der Waals surface area contributed by atoms with Crippen molar-refractivity contribution in [3.8, 4) is 11.4 Å². The number of aromatic amines is 1. The molecule has 2 aromatic rings. The summed E-state index contributed by atoms with van der Waals surface area (Å²) in [7, 11) is 0. The Morgan fingerprint density at radius 2 is 2.32 bits per heavy atom. The first-order valence-electron chi connectivity index (χ1n) is 6.33. The lowest BCUT2D eigenvalue weighted by Gasteiger charge is -2.11. The van der Waals surface area contributed by atoms with E-state index in [2.05, 4.69) is 49.0 Å². The van der Waals surface area contributed by atoms with Gasteiger partial charge in [-0.05, 0) is 37.1 Å². The molecular weight excluding hydrogens is 306 g/mol. The van der Waals surface area contributed by atoms with E-state index in [0.29, 0.717) is 0 Å². The lowest BCUT2D eigenvalue weighted by Crippen LogP contribution is -2.26. The second-order valence-corrected chi connectivity index (χ2v) is 5.85. The molecule has 0 amide bonds. The Morgan fingerprint density at radius 3 is 3.00 bits per heavy atom. The number of aromatic nitrogens is 3. The molecule has 0 aliphatic carbocycles. The van der Waals surface area contributed by atoms with Crippen LogP contribution in [0.2, 0.25) is 0 Å². The highest BCUT2D eigenvalue weighted by Gasteiger charge is 2.22. The topological polar surface area (TPSA) is 70.8 Å². The molecule has 1 aliphatic rings. The highest BCUT2D eigenvalue weighted by molar-refractivity contribution is 9.10. The van der Waals surface area contributed by atoms with E-state index in [-0.39, 0.29) is 6.04 Å². The highest BCUT2D eigenvalue weighted by Crippen LogP contribution is 2.25. The van der Waals surface area contributed by atoms with Crippen molar-refractivity contribution >= 4 is 21.9 Å². The summed E-state index contributed by atoms with van der Waals surface area (Å²) in [6.45, 7) is 3.82. The van der Waals surface area contributed by atoms with Crippen molar-refractivity contribution in [3.05, 3.63) is 28.2 Å². The lowest BCUT2D eigenvalue weighted by molar-refractivity contribution is 0.750. The van der Waals surface area contributed by atoms with Crippen LogP contribution in [-0.2, 0) is 0 Å². The minimum atomic E-state index is 0.233. The van der Waals surface area contributed by atoms with E-state index in [0.717, 1.165) is 46.9 Å². The van der Waals surface area contributed by atoms with Crippen LogP contribution in [0, 0.1) is 6.92 Å². The average Bonchev–Trinajstić information content (AvgIpc) is 2.97. The van der Waals surface area contributed by atoms with Crippen LogP contribution < -0.4 is 10.6 Å². The Balaban J connectivity index is 1.88. The van der Waals surface area contributed by atoms with Crippen LogP contribution >= 0.6 is 15.9 Å². The molecule has 1 saturated heterocycles. The molecule has 6 heteroatoms. The van der Waals surface area contributed by atoms with Crippen molar-refractivity contribution in [2.75, 3.05) is 18.0 Å². The van der Waals surface area contributed by atoms with Gasteiger partial charge in [-0.2, -0.15) is 4.98 Å². The lowest BCUT2D eigenvalue weighted by atomic mass is 10.1. The van der Waals surface area contributed by atoms with E-state index in [1.54, 1.807) is 0 Å². The Kier molecular flexibility index (Phi) is 3.28. The number of anilines is 1. The average molecular weight is 322 g/mol. The minimum Gasteiger partial charge on any atom is -0.338 e. The van der Waals surface area contributed by atoms with Crippen LogP contribution in [0.3, 0.4) is 0 Å². The summed E-state index contributed by atoms with van der Waals surface area (Å²) in [5.74, 6) is 1.55. The first-order chi connectivity index (χ1) is 9.13. The Labute approximate surface area is 120 Å². The van der Waals surface area contributed by atoms with Crippen molar-refractivity contribution in [2.24, 2.45) is 5.73 Å². The zero-order valence-electron chi connectivity index (χ0n) is 10.7. The largest absolute Gasteiger partial charge is 0.338 e. The molecule has 0 saturated carbocycles. The summed E-state index contributed by atoms with van der Waals surface area (Å²) in [6, 6.07) is 6.36. The predicted octanol–water partition coefficient (Wildman–Crippen LogP) is 2.08. The fraction of sp³-hybridized carbons (Fsp3) is 0.385. The van der Waals surface area contributed by atoms with Crippen molar-refractivity contribution in [3.63, 3.8) is 0 Å². The Bertz CT molecular complexity index is 594. The summed E-state index contributed by atoms with van der Waals surface area (Å²) >= 11 is 3.47. The van der Waals surface area contributed by atoms with E-state index >= 15 is 0 Å². The number of nitrogens with one attached hydrogen (secondary N) is 1.